The molecular weight excluding hydrogens is 214 g/mol. The number of rotatable bonds is 6. The zero-order valence-electron chi connectivity index (χ0n) is 9.22. The van der Waals surface area contributed by atoms with Gasteiger partial charge in [0.15, 0.2) is 5.82 Å². The van der Waals surface area contributed by atoms with Crippen molar-refractivity contribution < 1.29 is 13.5 Å². The van der Waals surface area contributed by atoms with Crippen LogP contribution in [0.2, 0.25) is 0 Å². The lowest BCUT2D eigenvalue weighted by Crippen LogP contribution is -2.07. The van der Waals surface area contributed by atoms with Gasteiger partial charge in [0.1, 0.15) is 5.82 Å². The Morgan fingerprint density at radius 3 is 2.75 bits per heavy atom. The molecule has 3 nitrogen and oxygen atoms in total. The van der Waals surface area contributed by atoms with Gasteiger partial charge < -0.3 is 15.8 Å². The van der Waals surface area contributed by atoms with Crippen LogP contribution in [0.3, 0.4) is 0 Å². The smallest absolute Gasteiger partial charge is 0.151 e. The number of nitrogens with one attached hydrogen (secondary N) is 1. The van der Waals surface area contributed by atoms with E-state index < -0.39 is 11.6 Å². The van der Waals surface area contributed by atoms with Crippen LogP contribution in [-0.2, 0) is 4.74 Å². The molecule has 0 atom stereocenters. The SMILES string of the molecule is COCCCCNc1cc(F)cc(F)c1N. The molecule has 5 heteroatoms. The molecule has 1 aromatic rings. The quantitative estimate of drug-likeness (QED) is 0.582. The van der Waals surface area contributed by atoms with E-state index in [-0.39, 0.29) is 5.69 Å². The summed E-state index contributed by atoms with van der Waals surface area (Å²) < 4.78 is 30.8. The number of nitrogen functional groups attached to an aromatic ring is 1. The van der Waals surface area contributed by atoms with E-state index in [1.165, 1.54) is 6.07 Å². The van der Waals surface area contributed by atoms with Crippen molar-refractivity contribution in [2.45, 2.75) is 12.8 Å². The van der Waals surface area contributed by atoms with Crippen LogP contribution in [0.15, 0.2) is 12.1 Å². The van der Waals surface area contributed by atoms with Gasteiger partial charge >= 0.3 is 0 Å². The zero-order valence-corrected chi connectivity index (χ0v) is 9.22. The fraction of sp³-hybridized carbons (Fsp3) is 0.455. The van der Waals surface area contributed by atoms with Gasteiger partial charge in [-0.1, -0.05) is 0 Å². The number of nitrogens with two attached hydrogens (primary N) is 1. The lowest BCUT2D eigenvalue weighted by molar-refractivity contribution is 0.194. The average Bonchev–Trinajstić information content (AvgIpc) is 2.24. The first kappa shape index (κ1) is 12.7. The molecule has 1 rings (SSSR count). The largest absolute Gasteiger partial charge is 0.395 e. The molecule has 0 bridgehead atoms. The van der Waals surface area contributed by atoms with Crippen LogP contribution in [0.25, 0.3) is 0 Å². The predicted octanol–water partition coefficient (Wildman–Crippen LogP) is 2.39. The van der Waals surface area contributed by atoms with Crippen LogP contribution in [-0.4, -0.2) is 20.3 Å². The minimum atomic E-state index is -0.737. The monoisotopic (exact) mass is 230 g/mol. The predicted molar refractivity (Wildman–Crippen MR) is 60.4 cm³/mol. The van der Waals surface area contributed by atoms with E-state index in [1.807, 2.05) is 0 Å². The first-order valence-electron chi connectivity index (χ1n) is 5.12. The highest BCUT2D eigenvalue weighted by atomic mass is 19.1. The number of methoxy groups -OCH3 is 1. The van der Waals surface area contributed by atoms with Crippen LogP contribution >= 0.6 is 0 Å². The zero-order chi connectivity index (χ0) is 12.0. The van der Waals surface area contributed by atoms with Crippen molar-refractivity contribution in [3.05, 3.63) is 23.8 Å². The Morgan fingerprint density at radius 1 is 1.31 bits per heavy atom. The molecule has 0 saturated heterocycles. The first-order valence-corrected chi connectivity index (χ1v) is 5.12. The van der Waals surface area contributed by atoms with Crippen molar-refractivity contribution in [1.29, 1.82) is 0 Å². The van der Waals surface area contributed by atoms with Crippen molar-refractivity contribution in [1.82, 2.24) is 0 Å². The Morgan fingerprint density at radius 2 is 2.06 bits per heavy atom. The highest BCUT2D eigenvalue weighted by Gasteiger charge is 2.07. The van der Waals surface area contributed by atoms with Crippen LogP contribution in [0.4, 0.5) is 20.2 Å². The van der Waals surface area contributed by atoms with Gasteiger partial charge in [0.05, 0.1) is 11.4 Å². The molecule has 0 aliphatic rings. The number of hydrogen-bond donors (Lipinski definition) is 2. The fourth-order valence-corrected chi connectivity index (χ4v) is 1.33. The number of hydrogen-bond acceptors (Lipinski definition) is 3. The summed E-state index contributed by atoms with van der Waals surface area (Å²) in [6.45, 7) is 1.28. The lowest BCUT2D eigenvalue weighted by Gasteiger charge is -2.09. The molecule has 0 aliphatic heterocycles. The normalized spacial score (nSPS) is 10.4. The Kier molecular flexibility index (Phi) is 4.98. The molecule has 0 amide bonds. The average molecular weight is 230 g/mol. The van der Waals surface area contributed by atoms with Gasteiger partial charge in [-0.2, -0.15) is 0 Å². The molecule has 16 heavy (non-hydrogen) atoms. The number of benzene rings is 1. The van der Waals surface area contributed by atoms with Crippen molar-refractivity contribution in [3.63, 3.8) is 0 Å². The molecule has 0 fully saturated rings. The summed E-state index contributed by atoms with van der Waals surface area (Å²) in [5, 5.41) is 2.89. The van der Waals surface area contributed by atoms with Crippen LogP contribution in [0.5, 0.6) is 0 Å². The number of unbranched alkanes of at least 4 members (excludes halogenated alkanes) is 1. The molecule has 3 N–H and O–H groups in total. The molecule has 1 aromatic carbocycles. The third-order valence-corrected chi connectivity index (χ3v) is 2.18. The highest BCUT2D eigenvalue weighted by molar-refractivity contribution is 5.66. The molecule has 0 unspecified atom stereocenters. The number of anilines is 2. The topological polar surface area (TPSA) is 47.3 Å². The minimum Gasteiger partial charge on any atom is -0.395 e. The maximum absolute atomic E-state index is 13.0. The van der Waals surface area contributed by atoms with Gasteiger partial charge in [-0.25, -0.2) is 8.78 Å². The van der Waals surface area contributed by atoms with Crippen LogP contribution in [0, 0.1) is 11.6 Å². The number of halogens is 2. The molecule has 90 valence electrons. The van der Waals surface area contributed by atoms with E-state index in [4.69, 9.17) is 10.5 Å². The van der Waals surface area contributed by atoms with Gasteiger partial charge in [0, 0.05) is 26.3 Å². The summed E-state index contributed by atoms with van der Waals surface area (Å²) in [7, 11) is 1.63. The molecule has 0 aliphatic carbocycles. The van der Waals surface area contributed by atoms with E-state index in [0.29, 0.717) is 18.8 Å². The Balaban J connectivity index is 2.47. The Labute approximate surface area is 93.6 Å². The molecule has 0 aromatic heterocycles. The van der Waals surface area contributed by atoms with Gasteiger partial charge in [-0.3, -0.25) is 0 Å². The maximum atomic E-state index is 13.0. The van der Waals surface area contributed by atoms with Gasteiger partial charge in [-0.15, -0.1) is 0 Å². The second kappa shape index (κ2) is 6.27. The van der Waals surface area contributed by atoms with Gasteiger partial charge in [0.25, 0.3) is 0 Å². The standard InChI is InChI=1S/C11H16F2N2O/c1-16-5-3-2-4-15-10-7-8(12)6-9(13)11(10)14/h6-7,15H,2-5,14H2,1H3. The highest BCUT2D eigenvalue weighted by Crippen LogP contribution is 2.23. The summed E-state index contributed by atoms with van der Waals surface area (Å²) in [5.74, 6) is -1.37. The van der Waals surface area contributed by atoms with Crippen molar-refractivity contribution in [2.75, 3.05) is 31.3 Å². The summed E-state index contributed by atoms with van der Waals surface area (Å²) in [5.41, 5.74) is 5.72. The Bertz CT molecular complexity index is 345. The van der Waals surface area contributed by atoms with E-state index in [2.05, 4.69) is 5.32 Å². The maximum Gasteiger partial charge on any atom is 0.151 e. The van der Waals surface area contributed by atoms with E-state index in [0.717, 1.165) is 18.9 Å². The fourth-order valence-electron chi connectivity index (χ4n) is 1.33. The molecule has 0 saturated carbocycles. The van der Waals surface area contributed by atoms with Gasteiger partial charge in [0.2, 0.25) is 0 Å². The van der Waals surface area contributed by atoms with Crippen molar-refractivity contribution in [3.8, 4) is 0 Å². The molecule has 0 radical (unpaired) electrons. The van der Waals surface area contributed by atoms with Crippen molar-refractivity contribution >= 4 is 11.4 Å². The second-order valence-electron chi connectivity index (χ2n) is 3.48. The Hall–Kier alpha value is -1.36. The number of ether oxygens (including phenoxy) is 1. The van der Waals surface area contributed by atoms with Crippen molar-refractivity contribution in [2.24, 2.45) is 0 Å². The molecule has 0 spiro atoms. The van der Waals surface area contributed by atoms with E-state index in [9.17, 15) is 8.78 Å². The lowest BCUT2D eigenvalue weighted by atomic mass is 10.2. The van der Waals surface area contributed by atoms with Gasteiger partial charge in [-0.05, 0) is 18.9 Å². The summed E-state index contributed by atoms with van der Waals surface area (Å²) in [6, 6.07) is 1.96. The van der Waals surface area contributed by atoms with Crippen LogP contribution < -0.4 is 11.1 Å². The minimum absolute atomic E-state index is 0.0480. The first-order chi connectivity index (χ1) is 7.65. The summed E-state index contributed by atoms with van der Waals surface area (Å²) in [6.07, 6.45) is 1.74. The summed E-state index contributed by atoms with van der Waals surface area (Å²) in [4.78, 5) is 0. The third-order valence-electron chi connectivity index (χ3n) is 2.18. The second-order valence-corrected chi connectivity index (χ2v) is 3.48. The van der Waals surface area contributed by atoms with E-state index >= 15 is 0 Å². The third kappa shape index (κ3) is 3.66. The molecular formula is C11H16F2N2O. The summed E-state index contributed by atoms with van der Waals surface area (Å²) >= 11 is 0. The van der Waals surface area contributed by atoms with E-state index in [1.54, 1.807) is 7.11 Å². The molecule has 0 heterocycles. The van der Waals surface area contributed by atoms with Crippen LogP contribution in [0.1, 0.15) is 12.8 Å².